The Bertz CT molecular complexity index is 3490. The lowest BCUT2D eigenvalue weighted by atomic mass is 9.66. The zero-order valence-corrected chi connectivity index (χ0v) is 36.3. The molecule has 0 bridgehead atoms. The highest BCUT2D eigenvalue weighted by Gasteiger charge is 2.49. The third-order valence-corrected chi connectivity index (χ3v) is 17.9. The normalized spacial score (nSPS) is 17.0. The van der Waals surface area contributed by atoms with Gasteiger partial charge < -0.3 is 0 Å². The first-order chi connectivity index (χ1) is 30.7. The lowest BCUT2D eigenvalue weighted by Gasteiger charge is -2.37. The average Bonchev–Trinajstić information content (AvgIpc) is 4.05. The quantitative estimate of drug-likeness (QED) is 0.177. The van der Waals surface area contributed by atoms with E-state index in [1.165, 1.54) is 133 Å². The number of rotatable bonds is 3. The Balaban J connectivity index is 0.916. The van der Waals surface area contributed by atoms with Gasteiger partial charge in [0.2, 0.25) is 0 Å². The molecule has 14 rings (SSSR count). The Labute approximate surface area is 370 Å². The molecule has 2 fully saturated rings. The lowest BCUT2D eigenvalue weighted by Crippen LogP contribution is -2.29. The van der Waals surface area contributed by atoms with Crippen LogP contribution in [0.3, 0.4) is 0 Å². The Morgan fingerprint density at radius 1 is 0.371 bits per heavy atom. The number of aromatic nitrogens is 2. The summed E-state index contributed by atoms with van der Waals surface area (Å²) in [6, 6.07) is 55.5. The summed E-state index contributed by atoms with van der Waals surface area (Å²) in [7, 11) is 0. The zero-order valence-electron chi connectivity index (χ0n) is 34.6. The van der Waals surface area contributed by atoms with E-state index in [1.807, 2.05) is 11.3 Å². The average molecular weight is 833 g/mol. The number of hydrogen-bond donors (Lipinski definition) is 0. The fourth-order valence-corrected chi connectivity index (χ4v) is 15.0. The van der Waals surface area contributed by atoms with Crippen molar-refractivity contribution in [2.24, 2.45) is 0 Å². The van der Waals surface area contributed by atoms with E-state index in [2.05, 4.69) is 146 Å². The Morgan fingerprint density at radius 2 is 0.968 bits per heavy atom. The van der Waals surface area contributed by atoms with E-state index in [0.29, 0.717) is 0 Å². The molecule has 10 aromatic rings. The molecule has 298 valence electrons. The summed E-state index contributed by atoms with van der Waals surface area (Å²) >= 11 is 3.70. The van der Waals surface area contributed by atoms with Crippen LogP contribution in [0.2, 0.25) is 0 Å². The first-order valence-corrected chi connectivity index (χ1v) is 24.4. The van der Waals surface area contributed by atoms with Crippen molar-refractivity contribution in [3.63, 3.8) is 0 Å². The minimum Gasteiger partial charge on any atom is -0.226 e. The summed E-state index contributed by atoms with van der Waals surface area (Å²) in [4.78, 5) is 10.6. The molecule has 4 heteroatoms. The maximum atomic E-state index is 5.38. The van der Waals surface area contributed by atoms with Crippen LogP contribution in [0.15, 0.2) is 146 Å². The summed E-state index contributed by atoms with van der Waals surface area (Å²) in [5.74, 6) is 0.773. The highest BCUT2D eigenvalue weighted by molar-refractivity contribution is 7.27. The van der Waals surface area contributed by atoms with Gasteiger partial charge in [-0.15, -0.1) is 22.7 Å². The van der Waals surface area contributed by atoms with E-state index in [0.717, 1.165) is 27.3 Å². The van der Waals surface area contributed by atoms with Crippen molar-refractivity contribution in [1.82, 2.24) is 9.97 Å². The smallest absolute Gasteiger partial charge is 0.160 e. The molecule has 0 radical (unpaired) electrons. The van der Waals surface area contributed by atoms with Gasteiger partial charge in [-0.25, -0.2) is 9.97 Å². The monoisotopic (exact) mass is 832 g/mol. The van der Waals surface area contributed by atoms with E-state index in [-0.39, 0.29) is 10.8 Å². The van der Waals surface area contributed by atoms with E-state index in [9.17, 15) is 0 Å². The molecule has 0 unspecified atom stereocenters. The number of nitrogens with zero attached hydrogens (tertiary/aromatic N) is 2. The van der Waals surface area contributed by atoms with Crippen LogP contribution in [-0.2, 0) is 10.8 Å². The van der Waals surface area contributed by atoms with Gasteiger partial charge in [0.15, 0.2) is 5.82 Å². The van der Waals surface area contributed by atoms with Crippen molar-refractivity contribution in [1.29, 1.82) is 0 Å². The Kier molecular flexibility index (Phi) is 7.64. The van der Waals surface area contributed by atoms with Crippen molar-refractivity contribution < 1.29 is 0 Å². The first-order valence-electron chi connectivity index (χ1n) is 22.8. The molecule has 0 atom stereocenters. The van der Waals surface area contributed by atoms with E-state index in [4.69, 9.17) is 9.97 Å². The van der Waals surface area contributed by atoms with Gasteiger partial charge in [-0.1, -0.05) is 148 Å². The summed E-state index contributed by atoms with van der Waals surface area (Å²) in [5.41, 5.74) is 19.5. The molecule has 4 aliphatic rings. The van der Waals surface area contributed by atoms with Gasteiger partial charge in [-0.2, -0.15) is 0 Å². The van der Waals surface area contributed by atoms with Crippen molar-refractivity contribution in [3.05, 3.63) is 168 Å². The standard InChI is InChI=1S/C58H44N2S2/c1-4-15-35(16-5-1)56-59-52-41-18-7-9-22-50(41)62-55(52)53(60-56)42-20-14-19-40-45-31-36(24-26-51(45)61-54(40)42)37-23-25-39-44-34-48-43(33-49(44)58(47(39)32-37)29-12-3-13-30-58)38-17-6-8-21-46(38)57(48)27-10-2-11-28-57/h1,4-9,14-26,31-34H,2-3,10-13,27-30H2. The maximum Gasteiger partial charge on any atom is 0.160 e. The third-order valence-electron chi connectivity index (χ3n) is 15.5. The zero-order chi connectivity index (χ0) is 40.6. The molecule has 7 aromatic carbocycles. The predicted octanol–water partition coefficient (Wildman–Crippen LogP) is 16.7. The second-order valence-electron chi connectivity index (χ2n) is 18.6. The molecular weight excluding hydrogens is 789 g/mol. The maximum absolute atomic E-state index is 5.38. The minimum absolute atomic E-state index is 0.0768. The van der Waals surface area contributed by atoms with Crippen molar-refractivity contribution in [2.45, 2.75) is 75.0 Å². The van der Waals surface area contributed by atoms with Gasteiger partial charge in [0.1, 0.15) is 0 Å². The van der Waals surface area contributed by atoms with Crippen LogP contribution in [0, 0.1) is 0 Å². The van der Waals surface area contributed by atoms with Crippen molar-refractivity contribution in [3.8, 4) is 56.0 Å². The topological polar surface area (TPSA) is 25.8 Å². The van der Waals surface area contributed by atoms with Crippen LogP contribution in [0.1, 0.15) is 86.5 Å². The largest absolute Gasteiger partial charge is 0.226 e. The van der Waals surface area contributed by atoms with Crippen molar-refractivity contribution in [2.75, 3.05) is 0 Å². The fraction of sp³-hybridized carbons (Fsp3) is 0.207. The van der Waals surface area contributed by atoms with E-state index in [1.54, 1.807) is 33.6 Å². The van der Waals surface area contributed by atoms with Crippen LogP contribution in [0.5, 0.6) is 0 Å². The molecule has 0 aliphatic heterocycles. The van der Waals surface area contributed by atoms with Gasteiger partial charge in [-0.3, -0.25) is 0 Å². The number of hydrogen-bond acceptors (Lipinski definition) is 4. The molecule has 62 heavy (non-hydrogen) atoms. The second-order valence-corrected chi connectivity index (χ2v) is 20.7. The molecule has 2 spiro atoms. The number of fused-ring (bicyclic) bond motifs is 16. The van der Waals surface area contributed by atoms with Crippen LogP contribution < -0.4 is 0 Å². The molecule has 4 aliphatic carbocycles. The third kappa shape index (κ3) is 4.91. The molecular formula is C58H44N2S2. The van der Waals surface area contributed by atoms with Gasteiger partial charge in [0.05, 0.1) is 15.9 Å². The number of benzene rings is 7. The van der Waals surface area contributed by atoms with Gasteiger partial charge in [-0.05, 0) is 118 Å². The van der Waals surface area contributed by atoms with Gasteiger partial charge in [0, 0.05) is 52.2 Å². The Morgan fingerprint density at radius 3 is 1.77 bits per heavy atom. The summed E-state index contributed by atoms with van der Waals surface area (Å²) in [6.45, 7) is 0. The van der Waals surface area contributed by atoms with Crippen LogP contribution in [-0.4, -0.2) is 9.97 Å². The molecule has 2 saturated carbocycles. The molecule has 3 aromatic heterocycles. The first kappa shape index (κ1) is 35.6. The van der Waals surface area contributed by atoms with E-state index < -0.39 is 0 Å². The molecule has 3 heterocycles. The molecule has 0 N–H and O–H groups in total. The highest BCUT2D eigenvalue weighted by Crippen LogP contribution is 2.62. The van der Waals surface area contributed by atoms with Crippen LogP contribution in [0.25, 0.3) is 96.5 Å². The van der Waals surface area contributed by atoms with E-state index >= 15 is 0 Å². The van der Waals surface area contributed by atoms with Gasteiger partial charge in [0.25, 0.3) is 0 Å². The molecule has 0 amide bonds. The van der Waals surface area contributed by atoms with Crippen LogP contribution in [0.4, 0.5) is 0 Å². The summed E-state index contributed by atoms with van der Waals surface area (Å²) in [5, 5.41) is 3.80. The molecule has 2 nitrogen and oxygen atoms in total. The fourth-order valence-electron chi connectivity index (χ4n) is 12.7. The summed E-state index contributed by atoms with van der Waals surface area (Å²) in [6.07, 6.45) is 13.0. The minimum atomic E-state index is 0.0768. The molecule has 0 saturated heterocycles. The van der Waals surface area contributed by atoms with Crippen LogP contribution >= 0.6 is 22.7 Å². The second kappa shape index (κ2) is 13.3. The summed E-state index contributed by atoms with van der Waals surface area (Å²) < 4.78 is 4.99. The van der Waals surface area contributed by atoms with Crippen molar-refractivity contribution >= 4 is 63.1 Å². The number of thiophene rings is 2. The predicted molar refractivity (Wildman–Crippen MR) is 263 cm³/mol. The Hall–Kier alpha value is -5.94. The van der Waals surface area contributed by atoms with Gasteiger partial charge >= 0.3 is 0 Å². The highest BCUT2D eigenvalue weighted by atomic mass is 32.1. The SMILES string of the molecule is c1ccc(-c2nc(-c3cccc4c3sc3ccc(-c5ccc6c(c5)C5(CCCCC5)c5cc7c(cc5-6)C5(CCCCC5)c5ccccc5-7)cc34)c3sc4ccccc4c3n2)cc1. The lowest BCUT2D eigenvalue weighted by molar-refractivity contribution is 0.350.